The summed E-state index contributed by atoms with van der Waals surface area (Å²) in [6, 6.07) is 19.6. The summed E-state index contributed by atoms with van der Waals surface area (Å²) in [5.41, 5.74) is 10.2. The number of hydrogen-bond donors (Lipinski definition) is 4. The van der Waals surface area contributed by atoms with Gasteiger partial charge < -0.3 is 41.0 Å². The monoisotopic (exact) mass is 1020 g/mol. The number of aromatic nitrogens is 2. The first-order valence-electron chi connectivity index (χ1n) is 22.9. The molecule has 0 fully saturated rings. The third-order valence-electron chi connectivity index (χ3n) is 12.5. The molecule has 4 aromatic carbocycles. The normalized spacial score (nSPS) is 14.7. The van der Waals surface area contributed by atoms with Crippen LogP contribution in [0.4, 0.5) is 17.6 Å². The predicted molar refractivity (Wildman–Crippen MR) is 259 cm³/mol. The Morgan fingerprint density at radius 3 is 1.16 bits per heavy atom. The summed E-state index contributed by atoms with van der Waals surface area (Å²) in [6.45, 7) is 6.16. The van der Waals surface area contributed by atoms with E-state index in [-0.39, 0.29) is 11.4 Å². The highest BCUT2D eigenvalue weighted by Crippen LogP contribution is 2.32. The zero-order chi connectivity index (χ0) is 54.2. The molecule has 6 atom stereocenters. The molecule has 0 bridgehead atoms. The van der Waals surface area contributed by atoms with Crippen molar-refractivity contribution in [2.75, 3.05) is 14.2 Å². The molecule has 0 aliphatic heterocycles. The number of nitrogens with zero attached hydrogens (tertiary/aromatic N) is 2. The van der Waals surface area contributed by atoms with Gasteiger partial charge in [-0.3, -0.25) is 43.5 Å². The van der Waals surface area contributed by atoms with E-state index in [1.54, 1.807) is 60.7 Å². The fourth-order valence-corrected chi connectivity index (χ4v) is 7.88. The number of nitrogens with two attached hydrogens (primary N) is 2. The van der Waals surface area contributed by atoms with Crippen molar-refractivity contribution in [2.45, 2.75) is 75.9 Å². The number of carbonyl (C=O) groups is 7. The Morgan fingerprint density at radius 1 is 0.500 bits per heavy atom. The summed E-state index contributed by atoms with van der Waals surface area (Å²) in [4.78, 5) is 110. The maximum atomic E-state index is 15.6. The zero-order valence-corrected chi connectivity index (χ0v) is 40.8. The molecule has 17 nitrogen and oxygen atoms in total. The Hall–Kier alpha value is -8.17. The zero-order valence-electron chi connectivity index (χ0n) is 40.8. The van der Waals surface area contributed by atoms with Crippen LogP contribution in [-0.2, 0) is 54.1 Å². The number of halogens is 4. The number of fused-ring (bicyclic) bond motifs is 2. The fourth-order valence-electron chi connectivity index (χ4n) is 7.88. The second-order valence-corrected chi connectivity index (χ2v) is 17.7. The van der Waals surface area contributed by atoms with Crippen LogP contribution in [0, 0.1) is 35.1 Å². The Bertz CT molecular complexity index is 2900. The van der Waals surface area contributed by atoms with Crippen LogP contribution in [0.25, 0.3) is 21.8 Å². The summed E-state index contributed by atoms with van der Waals surface area (Å²) >= 11 is 0. The molecule has 6 N–H and O–H groups in total. The number of Topliss-reactive ketones (excluding diaryl/α,β-unsaturated/α-hetero) is 3. The van der Waals surface area contributed by atoms with Gasteiger partial charge in [-0.15, -0.1) is 0 Å². The van der Waals surface area contributed by atoms with Crippen LogP contribution < -0.4 is 31.6 Å². The topological polar surface area (TPSA) is 258 Å². The first-order valence-corrected chi connectivity index (χ1v) is 22.9. The number of ether oxygens (including phenoxy) is 4. The summed E-state index contributed by atoms with van der Waals surface area (Å²) in [5.74, 6) is -20.8. The largest absolute Gasteiger partial charge is 0.469 e. The van der Waals surface area contributed by atoms with E-state index >= 15 is 31.9 Å². The van der Waals surface area contributed by atoms with E-state index in [1.165, 1.54) is 39.8 Å². The highest BCUT2D eigenvalue weighted by Gasteiger charge is 2.50. The number of pyridine rings is 2. The molecule has 6 aromatic rings. The smallest absolute Gasteiger partial charge is 0.308 e. The van der Waals surface area contributed by atoms with E-state index in [1.807, 2.05) is 0 Å². The molecule has 0 radical (unpaired) electrons. The van der Waals surface area contributed by atoms with Gasteiger partial charge in [0.2, 0.25) is 41.4 Å². The molecule has 0 saturated carbocycles. The molecule has 2 amide bonds. The number of carbonyl (C=O) groups excluding carboxylic acids is 7. The van der Waals surface area contributed by atoms with Crippen molar-refractivity contribution in [3.8, 4) is 11.5 Å². The Balaban J connectivity index is 1.49. The van der Waals surface area contributed by atoms with E-state index in [0.717, 1.165) is 26.4 Å². The third-order valence-corrected chi connectivity index (χ3v) is 12.5. The number of hydrogen-bond acceptors (Lipinski definition) is 15. The van der Waals surface area contributed by atoms with E-state index < -0.39 is 136 Å². The fraction of sp³-hybridized carbons (Fsp3) is 0.302. The van der Waals surface area contributed by atoms with E-state index in [0.29, 0.717) is 46.1 Å². The lowest BCUT2D eigenvalue weighted by atomic mass is 9.82. The number of ketones is 3. The van der Waals surface area contributed by atoms with Gasteiger partial charge in [-0.2, -0.15) is 0 Å². The van der Waals surface area contributed by atoms with Crippen LogP contribution in [0.2, 0.25) is 0 Å². The van der Waals surface area contributed by atoms with Gasteiger partial charge in [0.15, 0.2) is 34.8 Å². The van der Waals surface area contributed by atoms with Crippen molar-refractivity contribution in [2.24, 2.45) is 23.3 Å². The number of nitrogens with one attached hydrogen (secondary N) is 2. The minimum Gasteiger partial charge on any atom is -0.469 e. The SMILES string of the molecule is COC(=O)C[C@H](NC(=O)[C@](N)(c1ccc2ccccc2n1)C(C)C)C(=O)C(Oc1c(F)cccc1F)C(=O)C(Oc1c(F)cccc1F)C(=O)[C@H](CC(=O)OC)NC(=O)[C@](N)(c1ccc2ccccc2n1)C(C)C. The van der Waals surface area contributed by atoms with E-state index in [4.69, 9.17) is 30.4 Å². The lowest BCUT2D eigenvalue weighted by Crippen LogP contribution is -2.62. The van der Waals surface area contributed by atoms with Crippen LogP contribution in [0.1, 0.15) is 51.9 Å². The second kappa shape index (κ2) is 23.1. The Morgan fingerprint density at radius 2 is 0.838 bits per heavy atom. The van der Waals surface area contributed by atoms with Crippen LogP contribution in [0.5, 0.6) is 11.5 Å². The number of benzene rings is 4. The molecular weight excluding hydrogens is 973 g/mol. The van der Waals surface area contributed by atoms with Gasteiger partial charge in [0.05, 0.1) is 49.5 Å². The predicted octanol–water partition coefficient (Wildman–Crippen LogP) is 5.36. The summed E-state index contributed by atoms with van der Waals surface area (Å²) < 4.78 is 82.8. The minimum absolute atomic E-state index is 0.0229. The van der Waals surface area contributed by atoms with Gasteiger partial charge in [-0.25, -0.2) is 17.6 Å². The van der Waals surface area contributed by atoms with Crippen LogP contribution in [0.15, 0.2) is 109 Å². The third kappa shape index (κ3) is 11.5. The van der Waals surface area contributed by atoms with Crippen molar-refractivity contribution < 1.29 is 70.1 Å². The Kier molecular flexibility index (Phi) is 17.2. The van der Waals surface area contributed by atoms with Gasteiger partial charge >= 0.3 is 11.9 Å². The lowest BCUT2D eigenvalue weighted by molar-refractivity contribution is -0.152. The number of rotatable bonds is 22. The number of esters is 2. The molecule has 0 aliphatic carbocycles. The van der Waals surface area contributed by atoms with Crippen molar-refractivity contribution in [1.29, 1.82) is 0 Å². The van der Waals surface area contributed by atoms with Crippen LogP contribution in [-0.4, -0.2) is 89.6 Å². The standard InChI is InChI=1S/C53H52F4N6O11/c1-27(2)52(58,39-23-21-29-13-7-9-19-35(29)60-39)50(69)62-37(25-41(64)71-5)43(66)48(73-46-31(54)15-11-16-32(46)55)45(68)49(74-47-33(56)17-12-18-34(47)57)44(67)38(26-42(65)72-6)63-51(70)53(59,28(3)4)40-24-22-30-14-8-10-20-36(30)61-40/h7-24,27-28,37-38,48-49H,25-26,58-59H2,1-6H3,(H,62,69)(H,63,70)/t37-,38-,48?,49?,52+,53+/m0/s1. The molecule has 2 heterocycles. The first-order chi connectivity index (χ1) is 35.1. The summed E-state index contributed by atoms with van der Waals surface area (Å²) in [5, 5.41) is 5.96. The molecule has 21 heteroatoms. The van der Waals surface area contributed by atoms with Crippen LogP contribution in [0.3, 0.4) is 0 Å². The molecule has 0 saturated heterocycles. The van der Waals surface area contributed by atoms with Crippen molar-refractivity contribution in [3.63, 3.8) is 0 Å². The molecule has 388 valence electrons. The van der Waals surface area contributed by atoms with E-state index in [2.05, 4.69) is 20.6 Å². The average Bonchev–Trinajstić information content (AvgIpc) is 3.38. The van der Waals surface area contributed by atoms with Crippen molar-refractivity contribution in [3.05, 3.63) is 144 Å². The number of amides is 2. The highest BCUT2D eigenvalue weighted by molar-refractivity contribution is 6.19. The summed E-state index contributed by atoms with van der Waals surface area (Å²) in [7, 11) is 1.82. The number of methoxy groups -OCH3 is 2. The van der Waals surface area contributed by atoms with E-state index in [9.17, 15) is 19.2 Å². The second-order valence-electron chi connectivity index (χ2n) is 17.7. The molecule has 0 spiro atoms. The van der Waals surface area contributed by atoms with Crippen molar-refractivity contribution >= 4 is 62.9 Å². The maximum Gasteiger partial charge on any atom is 0.308 e. The number of para-hydroxylation sites is 4. The average molecular weight is 1030 g/mol. The molecule has 2 aromatic heterocycles. The van der Waals surface area contributed by atoms with Gasteiger partial charge in [0, 0.05) is 10.8 Å². The first kappa shape index (κ1) is 55.1. The highest BCUT2D eigenvalue weighted by atomic mass is 19.1. The maximum absolute atomic E-state index is 15.6. The lowest BCUT2D eigenvalue weighted by Gasteiger charge is -2.34. The molecular formula is C53H52F4N6O11. The molecule has 74 heavy (non-hydrogen) atoms. The van der Waals surface area contributed by atoms with Crippen molar-refractivity contribution in [1.82, 2.24) is 20.6 Å². The Labute approximate surface area is 421 Å². The quantitative estimate of drug-likeness (QED) is 0.0379. The van der Waals surface area contributed by atoms with Crippen LogP contribution >= 0.6 is 0 Å². The summed E-state index contributed by atoms with van der Waals surface area (Å²) in [6.07, 6.45) is -8.39. The van der Waals surface area contributed by atoms with Gasteiger partial charge in [-0.05, 0) is 60.4 Å². The van der Waals surface area contributed by atoms with Gasteiger partial charge in [0.25, 0.3) is 0 Å². The molecule has 2 unspecified atom stereocenters. The molecule has 6 rings (SSSR count). The molecule has 0 aliphatic rings. The van der Waals surface area contributed by atoms with Gasteiger partial charge in [-0.1, -0.05) is 88.4 Å². The minimum atomic E-state index is -3.06. The van der Waals surface area contributed by atoms with Gasteiger partial charge in [0.1, 0.15) is 23.2 Å².